The molecule has 3 rings (SSSR count). The number of amides is 3. The normalized spacial score (nSPS) is 10.8. The summed E-state index contributed by atoms with van der Waals surface area (Å²) in [5.74, 6) is -3.26. The highest BCUT2D eigenvalue weighted by atomic mass is 19.4. The average molecular weight is 423 g/mol. The molecule has 0 saturated heterocycles. The number of urea groups is 1. The van der Waals surface area contributed by atoms with E-state index in [4.69, 9.17) is 21.4 Å². The first-order valence-electron chi connectivity index (χ1n) is 8.20. The molecule has 0 atom stereocenters. The van der Waals surface area contributed by atoms with Crippen molar-refractivity contribution in [2.75, 3.05) is 0 Å². The van der Waals surface area contributed by atoms with Gasteiger partial charge in [-0.25, -0.2) is 14.3 Å². The summed E-state index contributed by atoms with van der Waals surface area (Å²) in [4.78, 5) is 31.1. The van der Waals surface area contributed by atoms with Gasteiger partial charge in [0, 0.05) is 18.1 Å². The summed E-state index contributed by atoms with van der Waals surface area (Å²) >= 11 is 0. The molecular formula is C18H16F3N5O4. The summed E-state index contributed by atoms with van der Waals surface area (Å²) in [5.41, 5.74) is 13.1. The fourth-order valence-corrected chi connectivity index (χ4v) is 2.33. The lowest BCUT2D eigenvalue weighted by molar-refractivity contribution is -0.192. The number of fused-ring (bicyclic) bond motifs is 1. The number of hydrogen-bond acceptors (Lipinski definition) is 4. The second-order valence-corrected chi connectivity index (χ2v) is 5.87. The van der Waals surface area contributed by atoms with Crippen molar-refractivity contribution >= 4 is 28.8 Å². The van der Waals surface area contributed by atoms with E-state index in [1.54, 1.807) is 16.8 Å². The van der Waals surface area contributed by atoms with Gasteiger partial charge in [-0.15, -0.1) is 0 Å². The molecule has 0 fully saturated rings. The third kappa shape index (κ3) is 5.70. The lowest BCUT2D eigenvalue weighted by atomic mass is 10.1. The van der Waals surface area contributed by atoms with E-state index >= 15 is 0 Å². The Morgan fingerprint density at radius 3 is 2.17 bits per heavy atom. The molecule has 1 aromatic heterocycles. The van der Waals surface area contributed by atoms with Crippen LogP contribution in [0.3, 0.4) is 0 Å². The summed E-state index contributed by atoms with van der Waals surface area (Å²) < 4.78 is 33.4. The quantitative estimate of drug-likeness (QED) is 0.505. The number of hydrogen-bond donors (Lipinski definition) is 4. The summed E-state index contributed by atoms with van der Waals surface area (Å²) in [6, 6.07) is 12.2. The van der Waals surface area contributed by atoms with Crippen LogP contribution < -0.4 is 16.8 Å². The number of rotatable bonds is 4. The maximum atomic E-state index is 11.5. The van der Waals surface area contributed by atoms with Crippen LogP contribution in [0.15, 0.2) is 48.7 Å². The van der Waals surface area contributed by atoms with Gasteiger partial charge in [0.25, 0.3) is 5.91 Å². The number of alkyl halides is 3. The summed E-state index contributed by atoms with van der Waals surface area (Å²) in [6.07, 6.45) is -3.25. The number of nitrogens with one attached hydrogen (secondary N) is 1. The molecule has 12 heteroatoms. The van der Waals surface area contributed by atoms with E-state index in [1.165, 1.54) is 0 Å². The standard InChI is InChI=1S/C16H15N5O2.C2HF3O2/c17-15(22)13-3-1-2-11-9-21(20-14(11)13)12-6-4-10(5-7-12)8-19-16(18)23;3-2(4,5)1(6)7/h1-7,9H,8H2,(H2,17,22)(H3,18,19,23);(H,6,7). The van der Waals surface area contributed by atoms with Crippen molar-refractivity contribution in [3.05, 3.63) is 59.8 Å². The van der Waals surface area contributed by atoms with Gasteiger partial charge in [-0.05, 0) is 23.8 Å². The van der Waals surface area contributed by atoms with Gasteiger partial charge in [0.05, 0.1) is 11.3 Å². The SMILES string of the molecule is NC(=O)NCc1ccc(-n2cc3cccc(C(N)=O)c3n2)cc1.O=C(O)C(F)(F)F. The van der Waals surface area contributed by atoms with Crippen LogP contribution in [0, 0.1) is 0 Å². The van der Waals surface area contributed by atoms with Crippen molar-refractivity contribution in [1.29, 1.82) is 0 Å². The van der Waals surface area contributed by atoms with Gasteiger partial charge in [0.2, 0.25) is 0 Å². The van der Waals surface area contributed by atoms with Gasteiger partial charge in [-0.3, -0.25) is 4.79 Å². The zero-order valence-electron chi connectivity index (χ0n) is 15.2. The minimum atomic E-state index is -5.08. The summed E-state index contributed by atoms with van der Waals surface area (Å²) in [7, 11) is 0. The fourth-order valence-electron chi connectivity index (χ4n) is 2.33. The molecule has 0 saturated carbocycles. The molecule has 6 N–H and O–H groups in total. The van der Waals surface area contributed by atoms with E-state index in [1.807, 2.05) is 36.5 Å². The van der Waals surface area contributed by atoms with Gasteiger partial charge >= 0.3 is 18.2 Å². The van der Waals surface area contributed by atoms with Crippen LogP contribution >= 0.6 is 0 Å². The number of carbonyl (C=O) groups excluding carboxylic acids is 2. The van der Waals surface area contributed by atoms with Crippen molar-refractivity contribution in [3.8, 4) is 5.69 Å². The Labute approximate surface area is 167 Å². The number of halogens is 3. The molecule has 0 bridgehead atoms. The van der Waals surface area contributed by atoms with Gasteiger partial charge in [0.1, 0.15) is 5.52 Å². The topological polar surface area (TPSA) is 153 Å². The Balaban J connectivity index is 0.000000396. The first-order chi connectivity index (χ1) is 14.0. The predicted molar refractivity (Wildman–Crippen MR) is 99.7 cm³/mol. The highest BCUT2D eigenvalue weighted by Gasteiger charge is 2.38. The van der Waals surface area contributed by atoms with Crippen LogP contribution in [0.5, 0.6) is 0 Å². The smallest absolute Gasteiger partial charge is 0.475 e. The van der Waals surface area contributed by atoms with E-state index in [-0.39, 0.29) is 0 Å². The number of nitrogens with zero attached hydrogens (tertiary/aromatic N) is 2. The first-order valence-corrected chi connectivity index (χ1v) is 8.20. The number of carboxylic acid groups (broad SMARTS) is 1. The Morgan fingerprint density at radius 2 is 1.67 bits per heavy atom. The number of primary amides is 2. The highest BCUT2D eigenvalue weighted by Crippen LogP contribution is 2.19. The van der Waals surface area contributed by atoms with Crippen LogP contribution in [0.1, 0.15) is 15.9 Å². The first kappa shape index (κ1) is 22.2. The number of carbonyl (C=O) groups is 3. The molecule has 0 radical (unpaired) electrons. The number of nitrogens with two attached hydrogens (primary N) is 2. The van der Waals surface area contributed by atoms with Gasteiger partial charge < -0.3 is 21.9 Å². The second kappa shape index (κ2) is 8.94. The van der Waals surface area contributed by atoms with E-state index < -0.39 is 24.1 Å². The monoisotopic (exact) mass is 423 g/mol. The Kier molecular flexibility index (Phi) is 6.62. The predicted octanol–water partition coefficient (Wildman–Crippen LogP) is 1.93. The largest absolute Gasteiger partial charge is 0.490 e. The van der Waals surface area contributed by atoms with Gasteiger partial charge in [0.15, 0.2) is 0 Å². The van der Waals surface area contributed by atoms with Crippen LogP contribution in [0.2, 0.25) is 0 Å². The van der Waals surface area contributed by atoms with Crippen molar-refractivity contribution in [2.45, 2.75) is 12.7 Å². The second-order valence-electron chi connectivity index (χ2n) is 5.87. The maximum Gasteiger partial charge on any atom is 0.490 e. The van der Waals surface area contributed by atoms with Crippen LogP contribution in [0.25, 0.3) is 16.6 Å². The van der Waals surface area contributed by atoms with Crippen molar-refractivity contribution in [2.24, 2.45) is 11.5 Å². The molecule has 0 aliphatic heterocycles. The zero-order valence-corrected chi connectivity index (χ0v) is 15.2. The highest BCUT2D eigenvalue weighted by molar-refractivity contribution is 6.04. The lowest BCUT2D eigenvalue weighted by Crippen LogP contribution is -2.28. The molecule has 0 unspecified atom stereocenters. The molecule has 0 aliphatic rings. The number of aliphatic carboxylic acids is 1. The Morgan fingerprint density at radius 1 is 1.07 bits per heavy atom. The van der Waals surface area contributed by atoms with Crippen LogP contribution in [-0.2, 0) is 11.3 Å². The molecule has 3 aromatic rings. The number of benzene rings is 2. The van der Waals surface area contributed by atoms with Crippen molar-refractivity contribution in [1.82, 2.24) is 15.1 Å². The zero-order chi connectivity index (χ0) is 22.5. The van der Waals surface area contributed by atoms with Gasteiger partial charge in [-0.2, -0.15) is 18.3 Å². The van der Waals surface area contributed by atoms with E-state index in [9.17, 15) is 22.8 Å². The molecule has 1 heterocycles. The lowest BCUT2D eigenvalue weighted by Gasteiger charge is -2.04. The van der Waals surface area contributed by atoms with Crippen LogP contribution in [0.4, 0.5) is 18.0 Å². The summed E-state index contributed by atoms with van der Waals surface area (Å²) in [6.45, 7) is 0.364. The van der Waals surface area contributed by atoms with Crippen molar-refractivity contribution in [3.63, 3.8) is 0 Å². The van der Waals surface area contributed by atoms with Gasteiger partial charge in [-0.1, -0.05) is 24.3 Å². The van der Waals surface area contributed by atoms with Crippen molar-refractivity contribution < 1.29 is 32.7 Å². The minimum Gasteiger partial charge on any atom is -0.475 e. The molecule has 158 valence electrons. The molecule has 9 nitrogen and oxygen atoms in total. The third-order valence-electron chi connectivity index (χ3n) is 3.71. The van der Waals surface area contributed by atoms with E-state index in [2.05, 4.69) is 10.4 Å². The van der Waals surface area contributed by atoms with Crippen LogP contribution in [-0.4, -0.2) is 39.0 Å². The Hall–Kier alpha value is -4.09. The molecule has 30 heavy (non-hydrogen) atoms. The molecule has 0 spiro atoms. The van der Waals surface area contributed by atoms with E-state index in [0.717, 1.165) is 16.6 Å². The molecular weight excluding hydrogens is 407 g/mol. The summed E-state index contributed by atoms with van der Waals surface area (Å²) in [5, 5.41) is 14.9. The molecule has 3 amide bonds. The maximum absolute atomic E-state index is 11.5. The number of carboxylic acids is 1. The number of aromatic nitrogens is 2. The third-order valence-corrected chi connectivity index (χ3v) is 3.71. The average Bonchev–Trinajstić information content (AvgIpc) is 3.10. The fraction of sp³-hybridized carbons (Fsp3) is 0.111. The minimum absolute atomic E-state index is 0.364. The van der Waals surface area contributed by atoms with E-state index in [0.29, 0.717) is 17.6 Å². The Bertz CT molecular complexity index is 1080. The molecule has 2 aromatic carbocycles. The molecule has 0 aliphatic carbocycles.